The number of nitrogens with zero attached hydrogens (tertiary/aromatic N) is 4. The first-order valence-corrected chi connectivity index (χ1v) is 4.60. The second kappa shape index (κ2) is 4.45. The highest BCUT2D eigenvalue weighted by Crippen LogP contribution is 2.23. The molecule has 0 fully saturated rings. The fourth-order valence-electron chi connectivity index (χ4n) is 1.21. The van der Waals surface area contributed by atoms with Crippen molar-refractivity contribution in [1.82, 2.24) is 20.6 Å². The Morgan fingerprint density at radius 1 is 1.50 bits per heavy atom. The summed E-state index contributed by atoms with van der Waals surface area (Å²) in [6.07, 6.45) is 0. The van der Waals surface area contributed by atoms with Gasteiger partial charge in [-0.2, -0.15) is 5.21 Å². The van der Waals surface area contributed by atoms with Gasteiger partial charge in [0.25, 0.3) is 17.5 Å². The number of benzene rings is 1. The van der Waals surface area contributed by atoms with E-state index in [1.165, 1.54) is 0 Å². The van der Waals surface area contributed by atoms with Gasteiger partial charge in [-0.05, 0) is 11.3 Å². The van der Waals surface area contributed by atoms with Crippen LogP contribution in [0.25, 0.3) is 0 Å². The van der Waals surface area contributed by atoms with Crippen LogP contribution in [0.15, 0.2) is 18.2 Å². The number of rotatable bonds is 3. The topological polar surface area (TPSA) is 147 Å². The number of aromatic amines is 1. The summed E-state index contributed by atoms with van der Waals surface area (Å²) in [7, 11) is 0. The molecule has 0 spiro atoms. The number of amides is 1. The van der Waals surface area contributed by atoms with E-state index in [-0.39, 0.29) is 17.2 Å². The van der Waals surface area contributed by atoms with Crippen LogP contribution in [0, 0.1) is 10.1 Å². The first-order chi connectivity index (χ1) is 8.58. The molecule has 1 amide bonds. The molecular formula is C8H6N6O4. The van der Waals surface area contributed by atoms with Gasteiger partial charge in [0.05, 0.1) is 16.6 Å². The summed E-state index contributed by atoms with van der Waals surface area (Å²) in [6, 6.07) is 3.11. The molecule has 0 saturated heterocycles. The summed E-state index contributed by atoms with van der Waals surface area (Å²) >= 11 is 0. The van der Waals surface area contributed by atoms with Crippen molar-refractivity contribution in [3.05, 3.63) is 33.9 Å². The van der Waals surface area contributed by atoms with Crippen LogP contribution in [0.4, 0.5) is 11.6 Å². The van der Waals surface area contributed by atoms with Crippen molar-refractivity contribution < 1.29 is 14.8 Å². The molecule has 0 unspecified atom stereocenters. The number of nitro benzene ring substituents is 1. The third-order valence-corrected chi connectivity index (χ3v) is 2.01. The second-order valence-electron chi connectivity index (χ2n) is 3.15. The molecule has 0 aliphatic carbocycles. The summed E-state index contributed by atoms with van der Waals surface area (Å²) in [6.45, 7) is 0. The molecular weight excluding hydrogens is 244 g/mol. The zero-order valence-electron chi connectivity index (χ0n) is 8.69. The monoisotopic (exact) mass is 250 g/mol. The molecule has 10 heteroatoms. The molecule has 0 aliphatic rings. The van der Waals surface area contributed by atoms with E-state index in [0.717, 1.165) is 18.2 Å². The Labute approximate surface area is 98.8 Å². The maximum Gasteiger partial charge on any atom is 0.273 e. The average Bonchev–Trinajstić information content (AvgIpc) is 2.81. The van der Waals surface area contributed by atoms with Crippen molar-refractivity contribution >= 4 is 17.5 Å². The lowest BCUT2D eigenvalue weighted by Gasteiger charge is -2.02. The number of hydrogen-bond donors (Lipinski definition) is 3. The minimum Gasteiger partial charge on any atom is -0.507 e. The van der Waals surface area contributed by atoms with E-state index in [9.17, 15) is 20.0 Å². The molecule has 0 saturated carbocycles. The number of non-ortho nitro benzene ring substituents is 1. The first kappa shape index (κ1) is 11.4. The van der Waals surface area contributed by atoms with Crippen LogP contribution in [0.1, 0.15) is 10.4 Å². The number of tetrazole rings is 1. The molecule has 1 aromatic heterocycles. The van der Waals surface area contributed by atoms with Crippen molar-refractivity contribution in [2.45, 2.75) is 0 Å². The third kappa shape index (κ3) is 2.21. The predicted molar refractivity (Wildman–Crippen MR) is 56.9 cm³/mol. The normalized spacial score (nSPS) is 10.0. The number of carbonyl (C=O) groups excluding carboxylic acids is 1. The standard InChI is InChI=1S/C8H6N6O4/c15-6-3-4(14(17)18)1-2-5(6)7(16)9-8-10-12-13-11-8/h1-3,15H,(H2,9,10,11,12,13,16). The van der Waals surface area contributed by atoms with E-state index in [2.05, 4.69) is 25.9 Å². The van der Waals surface area contributed by atoms with E-state index in [4.69, 9.17) is 0 Å². The summed E-state index contributed by atoms with van der Waals surface area (Å²) in [5.74, 6) is -1.29. The largest absolute Gasteiger partial charge is 0.507 e. The van der Waals surface area contributed by atoms with Gasteiger partial charge < -0.3 is 5.11 Å². The lowest BCUT2D eigenvalue weighted by molar-refractivity contribution is -0.384. The van der Waals surface area contributed by atoms with Crippen LogP contribution < -0.4 is 5.32 Å². The molecule has 92 valence electrons. The van der Waals surface area contributed by atoms with E-state index in [0.29, 0.717) is 0 Å². The maximum absolute atomic E-state index is 11.7. The van der Waals surface area contributed by atoms with Crippen molar-refractivity contribution in [2.75, 3.05) is 5.32 Å². The molecule has 0 bridgehead atoms. The van der Waals surface area contributed by atoms with Gasteiger partial charge in [-0.3, -0.25) is 20.2 Å². The summed E-state index contributed by atoms with van der Waals surface area (Å²) in [4.78, 5) is 21.4. The Hall–Kier alpha value is -3.04. The van der Waals surface area contributed by atoms with E-state index >= 15 is 0 Å². The minimum atomic E-state index is -0.705. The van der Waals surface area contributed by atoms with Gasteiger partial charge in [0, 0.05) is 6.07 Å². The van der Waals surface area contributed by atoms with E-state index in [1.54, 1.807) is 0 Å². The van der Waals surface area contributed by atoms with Gasteiger partial charge in [0.2, 0.25) is 0 Å². The molecule has 18 heavy (non-hydrogen) atoms. The predicted octanol–water partition coefficient (Wildman–Crippen LogP) is 0.0658. The molecule has 2 rings (SSSR count). The highest BCUT2D eigenvalue weighted by Gasteiger charge is 2.16. The number of phenols is 1. The number of phenolic OH excluding ortho intramolecular Hbond substituents is 1. The van der Waals surface area contributed by atoms with Gasteiger partial charge in [-0.25, -0.2) is 0 Å². The molecule has 0 atom stereocenters. The quantitative estimate of drug-likeness (QED) is 0.515. The molecule has 1 aromatic carbocycles. The van der Waals surface area contributed by atoms with Crippen LogP contribution in [-0.2, 0) is 0 Å². The highest BCUT2D eigenvalue weighted by molar-refractivity contribution is 6.05. The Balaban J connectivity index is 2.23. The number of nitrogens with one attached hydrogen (secondary N) is 2. The number of aromatic hydroxyl groups is 1. The molecule has 3 N–H and O–H groups in total. The number of aromatic nitrogens is 4. The van der Waals surface area contributed by atoms with E-state index in [1.807, 2.05) is 0 Å². The summed E-state index contributed by atoms with van der Waals surface area (Å²) in [5, 5.41) is 34.5. The van der Waals surface area contributed by atoms with Crippen LogP contribution in [0.2, 0.25) is 0 Å². The smallest absolute Gasteiger partial charge is 0.273 e. The lowest BCUT2D eigenvalue weighted by atomic mass is 10.1. The molecule has 0 radical (unpaired) electrons. The van der Waals surface area contributed by atoms with Gasteiger partial charge in [-0.1, -0.05) is 5.10 Å². The van der Waals surface area contributed by atoms with Gasteiger partial charge in [0.15, 0.2) is 0 Å². The van der Waals surface area contributed by atoms with Gasteiger partial charge in [-0.15, -0.1) is 5.10 Å². The second-order valence-corrected chi connectivity index (χ2v) is 3.15. The first-order valence-electron chi connectivity index (χ1n) is 4.60. The molecule has 1 heterocycles. The molecule has 2 aromatic rings. The molecule has 10 nitrogen and oxygen atoms in total. The highest BCUT2D eigenvalue weighted by atomic mass is 16.6. The van der Waals surface area contributed by atoms with Crippen molar-refractivity contribution in [3.63, 3.8) is 0 Å². The fraction of sp³-hybridized carbons (Fsp3) is 0. The Morgan fingerprint density at radius 2 is 2.28 bits per heavy atom. The maximum atomic E-state index is 11.7. The SMILES string of the molecule is O=C(Nc1nn[nH]n1)c1ccc([N+](=O)[O-])cc1O. The summed E-state index contributed by atoms with van der Waals surface area (Å²) < 4.78 is 0. The number of anilines is 1. The van der Waals surface area contributed by atoms with E-state index < -0.39 is 16.6 Å². The average molecular weight is 250 g/mol. The van der Waals surface area contributed by atoms with Gasteiger partial charge in [0.1, 0.15) is 5.75 Å². The van der Waals surface area contributed by atoms with Crippen LogP contribution >= 0.6 is 0 Å². The number of carbonyl (C=O) groups is 1. The lowest BCUT2D eigenvalue weighted by Crippen LogP contribution is -2.13. The Morgan fingerprint density at radius 3 is 2.83 bits per heavy atom. The zero-order chi connectivity index (χ0) is 13.1. The Kier molecular flexibility index (Phi) is 2.83. The van der Waals surface area contributed by atoms with Crippen molar-refractivity contribution in [3.8, 4) is 5.75 Å². The third-order valence-electron chi connectivity index (χ3n) is 2.01. The van der Waals surface area contributed by atoms with Crippen molar-refractivity contribution in [2.24, 2.45) is 0 Å². The number of hydrogen-bond acceptors (Lipinski definition) is 7. The van der Waals surface area contributed by atoms with Crippen LogP contribution in [0.5, 0.6) is 5.75 Å². The number of H-pyrrole nitrogens is 1. The zero-order valence-corrected chi connectivity index (χ0v) is 8.69. The minimum absolute atomic E-state index is 0.0715. The van der Waals surface area contributed by atoms with Gasteiger partial charge >= 0.3 is 0 Å². The van der Waals surface area contributed by atoms with Crippen LogP contribution in [0.3, 0.4) is 0 Å². The summed E-state index contributed by atoms with van der Waals surface area (Å²) in [5.41, 5.74) is -0.450. The number of nitro groups is 1. The fourth-order valence-corrected chi connectivity index (χ4v) is 1.21. The Bertz CT molecular complexity index is 596. The van der Waals surface area contributed by atoms with Crippen molar-refractivity contribution in [1.29, 1.82) is 0 Å². The van der Waals surface area contributed by atoms with Crippen LogP contribution in [-0.4, -0.2) is 36.6 Å². The molecule has 0 aliphatic heterocycles.